The van der Waals surface area contributed by atoms with Crippen molar-refractivity contribution in [2.45, 2.75) is 19.2 Å². The number of nitro groups is 1. The maximum atomic E-state index is 12.5. The van der Waals surface area contributed by atoms with E-state index >= 15 is 0 Å². The summed E-state index contributed by atoms with van der Waals surface area (Å²) in [7, 11) is 0. The molecule has 0 aliphatic carbocycles. The summed E-state index contributed by atoms with van der Waals surface area (Å²) in [5.74, 6) is -0.485. The van der Waals surface area contributed by atoms with Crippen LogP contribution in [0.4, 0.5) is 19.0 Å². The lowest BCUT2D eigenvalue weighted by atomic mass is 10.1. The van der Waals surface area contributed by atoms with E-state index in [1.165, 1.54) is 30.5 Å². The lowest BCUT2D eigenvalue weighted by molar-refractivity contribution is -0.390. The van der Waals surface area contributed by atoms with Crippen LogP contribution in [-0.2, 0) is 6.18 Å². The van der Waals surface area contributed by atoms with Crippen LogP contribution in [0, 0.1) is 10.1 Å². The van der Waals surface area contributed by atoms with Gasteiger partial charge >= 0.3 is 12.0 Å². The van der Waals surface area contributed by atoms with Gasteiger partial charge < -0.3 is 14.9 Å². The largest absolute Gasteiger partial charge is 0.478 e. The van der Waals surface area contributed by atoms with E-state index in [4.69, 9.17) is 4.74 Å². The number of rotatable bonds is 4. The fourth-order valence-corrected chi connectivity index (χ4v) is 1.81. The van der Waals surface area contributed by atoms with Gasteiger partial charge in [-0.15, -0.1) is 0 Å². The van der Waals surface area contributed by atoms with Gasteiger partial charge in [-0.3, -0.25) is 0 Å². The van der Waals surface area contributed by atoms with Gasteiger partial charge in [-0.25, -0.2) is 0 Å². The summed E-state index contributed by atoms with van der Waals surface area (Å²) >= 11 is 0. The average molecular weight is 312 g/mol. The van der Waals surface area contributed by atoms with Gasteiger partial charge in [0.1, 0.15) is 12.3 Å². The normalized spacial score (nSPS) is 12.7. The second-order valence-electron chi connectivity index (χ2n) is 4.46. The van der Waals surface area contributed by atoms with Gasteiger partial charge in [0.25, 0.3) is 0 Å². The van der Waals surface area contributed by atoms with Crippen LogP contribution >= 0.6 is 0 Å². The van der Waals surface area contributed by atoms with Crippen molar-refractivity contribution >= 4 is 5.82 Å². The summed E-state index contributed by atoms with van der Waals surface area (Å²) in [6.07, 6.45) is -3.82. The van der Waals surface area contributed by atoms with Gasteiger partial charge in [0.2, 0.25) is 5.75 Å². The molecular formula is C14H11F3N2O3. The third-order valence-electron chi connectivity index (χ3n) is 2.93. The smallest absolute Gasteiger partial charge is 0.416 e. The molecule has 1 aromatic heterocycles. The van der Waals surface area contributed by atoms with Crippen LogP contribution in [0.1, 0.15) is 24.2 Å². The molecule has 1 atom stereocenters. The first-order chi connectivity index (χ1) is 10.3. The fraction of sp³-hybridized carbons (Fsp3) is 0.214. The Balaban J connectivity index is 2.19. The highest BCUT2D eigenvalue weighted by Crippen LogP contribution is 2.32. The molecule has 0 bridgehead atoms. The van der Waals surface area contributed by atoms with Crippen LogP contribution in [0.2, 0.25) is 0 Å². The Labute approximate surface area is 123 Å². The number of hydrogen-bond donors (Lipinski definition) is 0. The van der Waals surface area contributed by atoms with E-state index in [-0.39, 0.29) is 5.75 Å². The second-order valence-corrected chi connectivity index (χ2v) is 4.46. The molecule has 0 spiro atoms. The molecule has 2 aromatic rings. The van der Waals surface area contributed by atoms with Crippen LogP contribution in [0.25, 0.3) is 0 Å². The van der Waals surface area contributed by atoms with Crippen LogP contribution in [0.3, 0.4) is 0 Å². The number of hydrogen-bond acceptors (Lipinski definition) is 4. The van der Waals surface area contributed by atoms with Crippen LogP contribution in [0.15, 0.2) is 42.6 Å². The van der Waals surface area contributed by atoms with E-state index < -0.39 is 28.6 Å². The topological polar surface area (TPSA) is 65.3 Å². The van der Waals surface area contributed by atoms with E-state index in [1.807, 2.05) is 0 Å². The highest BCUT2D eigenvalue weighted by molar-refractivity contribution is 5.39. The number of ether oxygens (including phenoxy) is 1. The summed E-state index contributed by atoms with van der Waals surface area (Å²) in [5, 5.41) is 10.8. The minimum Gasteiger partial charge on any atom is -0.478 e. The first-order valence-corrected chi connectivity index (χ1v) is 6.22. The molecule has 0 saturated heterocycles. The molecule has 5 nitrogen and oxygen atoms in total. The molecule has 0 fully saturated rings. The Hall–Kier alpha value is -2.64. The number of halogens is 3. The van der Waals surface area contributed by atoms with Crippen molar-refractivity contribution in [3.05, 3.63) is 63.8 Å². The molecule has 0 aliphatic rings. The zero-order valence-electron chi connectivity index (χ0n) is 11.4. The van der Waals surface area contributed by atoms with Gasteiger partial charge in [0, 0.05) is 0 Å². The molecule has 22 heavy (non-hydrogen) atoms. The first kappa shape index (κ1) is 15.7. The third kappa shape index (κ3) is 3.51. The quantitative estimate of drug-likeness (QED) is 0.628. The molecule has 0 amide bonds. The Morgan fingerprint density at radius 1 is 1.23 bits per heavy atom. The lowest BCUT2D eigenvalue weighted by Gasteiger charge is -2.15. The molecule has 0 N–H and O–H groups in total. The van der Waals surface area contributed by atoms with Crippen molar-refractivity contribution in [3.63, 3.8) is 0 Å². The third-order valence-corrected chi connectivity index (χ3v) is 2.93. The first-order valence-electron chi connectivity index (χ1n) is 6.22. The summed E-state index contributed by atoms with van der Waals surface area (Å²) in [6.45, 7) is 1.58. The standard InChI is InChI=1S/C14H11F3N2O3/c1-9(10-4-6-11(7-5-10)14(15,16)17)22-12-3-2-8-18-13(12)19(20)21/h2-9H,1H3. The van der Waals surface area contributed by atoms with Crippen molar-refractivity contribution in [3.8, 4) is 5.75 Å². The van der Waals surface area contributed by atoms with Gasteiger partial charge in [-0.2, -0.15) is 13.2 Å². The minimum atomic E-state index is -4.41. The van der Waals surface area contributed by atoms with Crippen LogP contribution in [0.5, 0.6) is 5.75 Å². The Morgan fingerprint density at radius 2 is 1.86 bits per heavy atom. The predicted molar refractivity (Wildman–Crippen MR) is 71.4 cm³/mol. The van der Waals surface area contributed by atoms with Crippen LogP contribution in [-0.4, -0.2) is 9.91 Å². The van der Waals surface area contributed by atoms with E-state index in [9.17, 15) is 23.3 Å². The second kappa shape index (κ2) is 6.00. The van der Waals surface area contributed by atoms with Crippen LogP contribution < -0.4 is 4.74 Å². The molecule has 8 heteroatoms. The molecule has 0 saturated carbocycles. The maximum absolute atomic E-state index is 12.5. The zero-order chi connectivity index (χ0) is 16.3. The van der Waals surface area contributed by atoms with Crippen molar-refractivity contribution in [2.75, 3.05) is 0 Å². The lowest BCUT2D eigenvalue weighted by Crippen LogP contribution is -2.08. The van der Waals surface area contributed by atoms with Gasteiger partial charge in [0.15, 0.2) is 0 Å². The monoisotopic (exact) mass is 312 g/mol. The van der Waals surface area contributed by atoms with E-state index in [1.54, 1.807) is 6.92 Å². The molecule has 1 aromatic carbocycles. The summed E-state index contributed by atoms with van der Waals surface area (Å²) < 4.78 is 42.9. The van der Waals surface area contributed by atoms with Crippen molar-refractivity contribution in [1.29, 1.82) is 0 Å². The van der Waals surface area contributed by atoms with Crippen molar-refractivity contribution < 1.29 is 22.8 Å². The van der Waals surface area contributed by atoms with Gasteiger partial charge in [0.05, 0.1) is 5.56 Å². The molecule has 1 heterocycles. The number of nitrogens with zero attached hydrogens (tertiary/aromatic N) is 2. The average Bonchev–Trinajstić information content (AvgIpc) is 2.46. The maximum Gasteiger partial charge on any atom is 0.416 e. The molecular weight excluding hydrogens is 301 g/mol. The number of alkyl halides is 3. The number of aromatic nitrogens is 1. The summed E-state index contributed by atoms with van der Waals surface area (Å²) in [6, 6.07) is 7.28. The summed E-state index contributed by atoms with van der Waals surface area (Å²) in [4.78, 5) is 13.7. The minimum absolute atomic E-state index is 0.0418. The Kier molecular flexibility index (Phi) is 4.30. The van der Waals surface area contributed by atoms with E-state index in [0.29, 0.717) is 5.56 Å². The Bertz CT molecular complexity index is 672. The number of pyridine rings is 1. The molecule has 0 radical (unpaired) electrons. The molecule has 116 valence electrons. The van der Waals surface area contributed by atoms with Gasteiger partial charge in [-0.05, 0) is 46.7 Å². The number of benzene rings is 1. The van der Waals surface area contributed by atoms with Gasteiger partial charge in [-0.1, -0.05) is 12.1 Å². The molecule has 0 aliphatic heterocycles. The predicted octanol–water partition coefficient (Wildman–Crippen LogP) is 4.15. The SMILES string of the molecule is CC(Oc1cccnc1[N+](=O)[O-])c1ccc(C(F)(F)F)cc1. The van der Waals surface area contributed by atoms with E-state index in [0.717, 1.165) is 12.1 Å². The van der Waals surface area contributed by atoms with Crippen molar-refractivity contribution in [1.82, 2.24) is 4.98 Å². The Morgan fingerprint density at radius 3 is 2.41 bits per heavy atom. The highest BCUT2D eigenvalue weighted by atomic mass is 19.4. The fourth-order valence-electron chi connectivity index (χ4n) is 1.81. The molecule has 2 rings (SSSR count). The zero-order valence-corrected chi connectivity index (χ0v) is 11.4. The van der Waals surface area contributed by atoms with E-state index in [2.05, 4.69) is 4.98 Å². The summed E-state index contributed by atoms with van der Waals surface area (Å²) in [5.41, 5.74) is -0.304. The highest BCUT2D eigenvalue weighted by Gasteiger charge is 2.30. The van der Waals surface area contributed by atoms with Crippen molar-refractivity contribution in [2.24, 2.45) is 0 Å². The molecule has 1 unspecified atom stereocenters.